The molecule has 0 aliphatic rings. The Balaban J connectivity index is 1.92. The molecular formula is C24H27N3O2. The van der Waals surface area contributed by atoms with E-state index in [0.29, 0.717) is 12.4 Å². The number of allylic oxidation sites excluding steroid dienone is 1. The topological polar surface area (TPSA) is 58.4 Å². The molecule has 5 heteroatoms. The third kappa shape index (κ3) is 4.63. The van der Waals surface area contributed by atoms with Crippen LogP contribution in [0.3, 0.4) is 0 Å². The fraction of sp³-hybridized carbons (Fsp3) is 0.250. The van der Waals surface area contributed by atoms with Crippen molar-refractivity contribution >= 4 is 5.95 Å². The number of aliphatic hydroxyl groups excluding tert-OH is 1. The van der Waals surface area contributed by atoms with Crippen molar-refractivity contribution in [2.24, 2.45) is 7.05 Å². The average molecular weight is 389 g/mol. The van der Waals surface area contributed by atoms with Gasteiger partial charge in [-0.15, -0.1) is 6.58 Å². The molecule has 0 bridgehead atoms. The maximum Gasteiger partial charge on any atom is 0.254 e. The van der Waals surface area contributed by atoms with Gasteiger partial charge in [-0.2, -0.15) is 0 Å². The molecule has 0 aliphatic carbocycles. The monoisotopic (exact) mass is 389 g/mol. The lowest BCUT2D eigenvalue weighted by molar-refractivity contribution is 0.282. The highest BCUT2D eigenvalue weighted by Gasteiger charge is 2.15. The van der Waals surface area contributed by atoms with E-state index in [0.717, 1.165) is 27.9 Å². The lowest BCUT2D eigenvalue weighted by Gasteiger charge is -2.19. The van der Waals surface area contributed by atoms with Gasteiger partial charge in [-0.1, -0.05) is 48.5 Å². The SMILES string of the molecule is C=C[C@@H](Cc1cccc(-c2cccc(CO)c2)c1)c1cc(=O)n(C)c(N(C)C)n1. The Bertz CT molecular complexity index is 1070. The molecule has 0 fully saturated rings. The van der Waals surface area contributed by atoms with Gasteiger partial charge in [-0.3, -0.25) is 9.36 Å². The molecule has 0 unspecified atom stereocenters. The van der Waals surface area contributed by atoms with Crippen molar-refractivity contribution in [1.29, 1.82) is 0 Å². The van der Waals surface area contributed by atoms with E-state index in [-0.39, 0.29) is 18.1 Å². The molecule has 0 saturated heterocycles. The first-order valence-electron chi connectivity index (χ1n) is 9.60. The highest BCUT2D eigenvalue weighted by atomic mass is 16.3. The van der Waals surface area contributed by atoms with Crippen molar-refractivity contribution in [3.05, 3.63) is 94.4 Å². The minimum atomic E-state index is -0.0832. The zero-order chi connectivity index (χ0) is 21.0. The largest absolute Gasteiger partial charge is 0.392 e. The molecule has 0 amide bonds. The number of hydrogen-bond donors (Lipinski definition) is 1. The summed E-state index contributed by atoms with van der Waals surface area (Å²) < 4.78 is 1.54. The number of nitrogens with zero attached hydrogens (tertiary/aromatic N) is 3. The summed E-state index contributed by atoms with van der Waals surface area (Å²) in [4.78, 5) is 18.9. The molecule has 2 aromatic carbocycles. The second-order valence-corrected chi connectivity index (χ2v) is 7.38. The van der Waals surface area contributed by atoms with Crippen LogP contribution in [0.1, 0.15) is 22.7 Å². The Labute approximate surface area is 171 Å². The summed E-state index contributed by atoms with van der Waals surface area (Å²) >= 11 is 0. The van der Waals surface area contributed by atoms with Gasteiger partial charge in [0.1, 0.15) is 0 Å². The predicted molar refractivity (Wildman–Crippen MR) is 118 cm³/mol. The summed E-state index contributed by atoms with van der Waals surface area (Å²) in [5.74, 6) is 0.551. The summed E-state index contributed by atoms with van der Waals surface area (Å²) in [6.07, 6.45) is 2.55. The van der Waals surface area contributed by atoms with Crippen molar-refractivity contribution in [3.8, 4) is 11.1 Å². The summed E-state index contributed by atoms with van der Waals surface area (Å²) in [6, 6.07) is 17.8. The van der Waals surface area contributed by atoms with Crippen LogP contribution in [0.5, 0.6) is 0 Å². The Hall–Kier alpha value is -3.18. The molecule has 1 atom stereocenters. The van der Waals surface area contributed by atoms with E-state index in [4.69, 9.17) is 4.98 Å². The molecule has 0 aliphatic heterocycles. The van der Waals surface area contributed by atoms with Gasteiger partial charge in [0.05, 0.1) is 12.3 Å². The van der Waals surface area contributed by atoms with E-state index in [1.54, 1.807) is 17.7 Å². The molecule has 0 radical (unpaired) electrons. The number of anilines is 1. The van der Waals surface area contributed by atoms with Crippen molar-refractivity contribution in [3.63, 3.8) is 0 Å². The van der Waals surface area contributed by atoms with E-state index in [1.165, 1.54) is 0 Å². The molecular weight excluding hydrogens is 362 g/mol. The van der Waals surface area contributed by atoms with Gasteiger partial charge in [0.25, 0.3) is 5.56 Å². The van der Waals surface area contributed by atoms with E-state index < -0.39 is 0 Å². The van der Waals surface area contributed by atoms with Gasteiger partial charge < -0.3 is 10.0 Å². The molecule has 1 N–H and O–H groups in total. The number of benzene rings is 2. The molecule has 150 valence electrons. The van der Waals surface area contributed by atoms with E-state index >= 15 is 0 Å². The number of aromatic nitrogens is 2. The summed E-state index contributed by atoms with van der Waals surface area (Å²) in [5, 5.41) is 9.40. The van der Waals surface area contributed by atoms with Crippen LogP contribution in [0.2, 0.25) is 0 Å². The Morgan fingerprint density at radius 1 is 1.10 bits per heavy atom. The molecule has 1 heterocycles. The van der Waals surface area contributed by atoms with Gasteiger partial charge in [-0.25, -0.2) is 4.98 Å². The first kappa shape index (κ1) is 20.6. The maximum absolute atomic E-state index is 12.4. The van der Waals surface area contributed by atoms with Crippen LogP contribution in [0.15, 0.2) is 72.0 Å². The predicted octanol–water partition coefficient (Wildman–Crippen LogP) is 3.52. The summed E-state index contributed by atoms with van der Waals surface area (Å²) in [6.45, 7) is 4.00. The van der Waals surface area contributed by atoms with Crippen LogP contribution < -0.4 is 10.5 Å². The normalized spacial score (nSPS) is 11.9. The molecule has 0 saturated carbocycles. The molecule has 3 rings (SSSR count). The van der Waals surface area contributed by atoms with Gasteiger partial charge in [0.15, 0.2) is 0 Å². The molecule has 29 heavy (non-hydrogen) atoms. The van der Waals surface area contributed by atoms with E-state index in [9.17, 15) is 9.90 Å². The minimum Gasteiger partial charge on any atom is -0.392 e. The van der Waals surface area contributed by atoms with Crippen LogP contribution >= 0.6 is 0 Å². The highest BCUT2D eigenvalue weighted by Crippen LogP contribution is 2.26. The molecule has 0 spiro atoms. The van der Waals surface area contributed by atoms with Crippen molar-refractivity contribution in [1.82, 2.24) is 9.55 Å². The van der Waals surface area contributed by atoms with Gasteiger partial charge in [0, 0.05) is 33.1 Å². The van der Waals surface area contributed by atoms with Gasteiger partial charge in [-0.05, 0) is 34.7 Å². The van der Waals surface area contributed by atoms with Crippen LogP contribution in [0.25, 0.3) is 11.1 Å². The molecule has 1 aromatic heterocycles. The van der Waals surface area contributed by atoms with E-state index in [1.807, 2.05) is 55.4 Å². The zero-order valence-corrected chi connectivity index (χ0v) is 17.2. The molecule has 5 nitrogen and oxygen atoms in total. The summed E-state index contributed by atoms with van der Waals surface area (Å²) in [5.41, 5.74) is 4.81. The Morgan fingerprint density at radius 3 is 2.31 bits per heavy atom. The second kappa shape index (κ2) is 8.88. The van der Waals surface area contributed by atoms with Gasteiger partial charge in [0.2, 0.25) is 5.95 Å². The van der Waals surface area contributed by atoms with Crippen molar-refractivity contribution < 1.29 is 5.11 Å². The molecule has 3 aromatic rings. The Kier molecular flexibility index (Phi) is 6.29. The number of aliphatic hydroxyl groups is 1. The van der Waals surface area contributed by atoms with Crippen LogP contribution in [-0.2, 0) is 20.1 Å². The van der Waals surface area contributed by atoms with Crippen LogP contribution in [0.4, 0.5) is 5.95 Å². The number of hydrogen-bond acceptors (Lipinski definition) is 4. The summed E-state index contributed by atoms with van der Waals surface area (Å²) in [7, 11) is 5.47. The first-order chi connectivity index (χ1) is 13.9. The maximum atomic E-state index is 12.4. The third-order valence-electron chi connectivity index (χ3n) is 5.02. The highest BCUT2D eigenvalue weighted by molar-refractivity contribution is 5.65. The fourth-order valence-electron chi connectivity index (χ4n) is 3.42. The van der Waals surface area contributed by atoms with Crippen LogP contribution in [-0.4, -0.2) is 28.8 Å². The van der Waals surface area contributed by atoms with Gasteiger partial charge >= 0.3 is 0 Å². The zero-order valence-electron chi connectivity index (χ0n) is 17.2. The van der Waals surface area contributed by atoms with E-state index in [2.05, 4.69) is 24.8 Å². The lowest BCUT2D eigenvalue weighted by atomic mass is 9.93. The lowest BCUT2D eigenvalue weighted by Crippen LogP contribution is -2.27. The standard InChI is InChI=1S/C24H27N3O2/c1-5-19(22-15-23(29)27(4)24(25-22)26(2)3)12-17-8-6-10-20(13-17)21-11-7-9-18(14-21)16-28/h5-11,13-15,19,28H,1,12,16H2,2-4H3/t19-/m0/s1. The Morgan fingerprint density at radius 2 is 1.72 bits per heavy atom. The quantitative estimate of drug-likeness (QED) is 0.628. The van der Waals surface area contributed by atoms with Crippen LogP contribution in [0, 0.1) is 0 Å². The minimum absolute atomic E-state index is 0.0227. The number of rotatable bonds is 7. The third-order valence-corrected chi connectivity index (χ3v) is 5.02. The smallest absolute Gasteiger partial charge is 0.254 e. The first-order valence-corrected chi connectivity index (χ1v) is 9.60. The second-order valence-electron chi connectivity index (χ2n) is 7.38. The van der Waals surface area contributed by atoms with Crippen molar-refractivity contribution in [2.45, 2.75) is 18.9 Å². The van der Waals surface area contributed by atoms with Crippen molar-refractivity contribution in [2.75, 3.05) is 19.0 Å². The fourth-order valence-corrected chi connectivity index (χ4v) is 3.42. The average Bonchev–Trinajstić information content (AvgIpc) is 2.74.